The van der Waals surface area contributed by atoms with E-state index in [1.807, 2.05) is 0 Å². The van der Waals surface area contributed by atoms with Crippen LogP contribution in [0.3, 0.4) is 0 Å². The Morgan fingerprint density at radius 1 is 1.32 bits per heavy atom. The predicted octanol–water partition coefficient (Wildman–Crippen LogP) is 1.65. The first-order valence-corrected chi connectivity index (χ1v) is 10.1. The van der Waals surface area contributed by atoms with Gasteiger partial charge in [0.2, 0.25) is 0 Å². The average Bonchev–Trinajstić information content (AvgIpc) is 3.11. The molecule has 0 fully saturated rings. The zero-order chi connectivity index (χ0) is 20.5. The number of aromatic amines is 1. The van der Waals surface area contributed by atoms with Gasteiger partial charge in [-0.25, -0.2) is 13.4 Å². The van der Waals surface area contributed by atoms with E-state index in [0.717, 1.165) is 6.26 Å². The molecule has 0 atom stereocenters. The molecule has 2 aromatic heterocycles. The van der Waals surface area contributed by atoms with Crippen LogP contribution in [0.5, 0.6) is 0 Å². The zero-order valence-electron chi connectivity index (χ0n) is 14.6. The van der Waals surface area contributed by atoms with Crippen molar-refractivity contribution in [3.8, 4) is 11.3 Å². The highest BCUT2D eigenvalue weighted by Crippen LogP contribution is 2.30. The first kappa shape index (κ1) is 19.9. The molecule has 0 bridgehead atoms. The Hall–Kier alpha value is -2.89. The van der Waals surface area contributed by atoms with Crippen LogP contribution < -0.4 is 5.11 Å². The van der Waals surface area contributed by atoms with Gasteiger partial charge in [0, 0.05) is 24.3 Å². The minimum absolute atomic E-state index is 0.0213. The molecule has 0 saturated heterocycles. The topological polar surface area (TPSA) is 116 Å². The van der Waals surface area contributed by atoms with Crippen LogP contribution in [0.15, 0.2) is 35.3 Å². The Bertz CT molecular complexity index is 1100. The number of aliphatic imine (C=N–C) groups is 1. The van der Waals surface area contributed by atoms with Gasteiger partial charge in [-0.2, -0.15) is 17.8 Å². The summed E-state index contributed by atoms with van der Waals surface area (Å²) in [5.74, 6) is -1.73. The lowest BCUT2D eigenvalue weighted by atomic mass is 10.1. The zero-order valence-corrected chi connectivity index (χ0v) is 15.4. The molecule has 1 aromatic carbocycles. The summed E-state index contributed by atoms with van der Waals surface area (Å²) in [5, 5.41) is 18.2. The van der Waals surface area contributed by atoms with Gasteiger partial charge in [-0.05, 0) is 12.5 Å². The van der Waals surface area contributed by atoms with Crippen LogP contribution in [0.1, 0.15) is 12.2 Å². The maximum absolute atomic E-state index is 12.5. The minimum atomic E-state index is -5.06. The summed E-state index contributed by atoms with van der Waals surface area (Å²) < 4.78 is 61.1. The number of aryl methyl sites for hydroxylation is 1. The Morgan fingerprint density at radius 3 is 2.68 bits per heavy atom. The third-order valence-corrected chi connectivity index (χ3v) is 4.78. The lowest BCUT2D eigenvalue weighted by Gasteiger charge is -2.14. The van der Waals surface area contributed by atoms with Crippen LogP contribution in [-0.4, -0.2) is 52.3 Å². The fraction of sp³-hybridized carbons (Fsp3) is 0.312. The minimum Gasteiger partial charge on any atom is -0.855 e. The third-order valence-electron chi connectivity index (χ3n) is 3.75. The van der Waals surface area contributed by atoms with Gasteiger partial charge in [0.05, 0.1) is 23.0 Å². The molecule has 8 nitrogen and oxygen atoms in total. The van der Waals surface area contributed by atoms with Crippen LogP contribution in [0.2, 0.25) is 0 Å². The number of rotatable bonds is 6. The predicted molar refractivity (Wildman–Crippen MR) is 94.0 cm³/mol. The van der Waals surface area contributed by atoms with E-state index in [4.69, 9.17) is 0 Å². The molecule has 3 rings (SSSR count). The molecule has 0 aliphatic rings. The van der Waals surface area contributed by atoms with E-state index in [-0.39, 0.29) is 17.0 Å². The van der Waals surface area contributed by atoms with Crippen molar-refractivity contribution < 1.29 is 26.7 Å². The third kappa shape index (κ3) is 4.68. The van der Waals surface area contributed by atoms with Crippen molar-refractivity contribution in [1.29, 1.82) is 0 Å². The molecule has 0 amide bonds. The second-order valence-electron chi connectivity index (χ2n) is 6.13. The SMILES string of the molecule is CS(=O)(=O)CCCc1nc2cc(-c3ccccc3N=C([O-])C(F)(F)F)[nH]n2n1. The summed E-state index contributed by atoms with van der Waals surface area (Å²) in [6.45, 7) is 0. The number of hydrogen-bond donors (Lipinski definition) is 1. The summed E-state index contributed by atoms with van der Waals surface area (Å²) in [4.78, 5) is 7.41. The molecule has 0 radical (unpaired) electrons. The number of hydrogen-bond acceptors (Lipinski definition) is 6. The second kappa shape index (κ2) is 7.26. The largest absolute Gasteiger partial charge is 0.855 e. The standard InChI is InChI=1S/C16H16F3N5O3S/c1-28(26,27)8-4-7-13-21-14-9-12(22-24(14)23-13)10-5-2-3-6-11(10)20-15(25)16(17,18)19/h2-3,5-6,9,22H,4,7-8H2,1H3,(H,20,25)/p-1. The maximum Gasteiger partial charge on any atom is 0.419 e. The van der Waals surface area contributed by atoms with Crippen LogP contribution in [0.25, 0.3) is 16.9 Å². The number of benzene rings is 1. The number of alkyl halides is 3. The Kier molecular flexibility index (Phi) is 5.15. The lowest BCUT2D eigenvalue weighted by molar-refractivity contribution is -0.262. The molecule has 1 N–H and O–H groups in total. The molecular formula is C16H15F3N5O3S-. The van der Waals surface area contributed by atoms with Crippen molar-refractivity contribution in [1.82, 2.24) is 19.8 Å². The van der Waals surface area contributed by atoms with Crippen LogP contribution in [-0.2, 0) is 16.3 Å². The number of H-pyrrole nitrogens is 1. The number of nitrogens with one attached hydrogen (secondary N) is 1. The quantitative estimate of drug-likeness (QED) is 0.486. The fourth-order valence-corrected chi connectivity index (χ4v) is 3.20. The van der Waals surface area contributed by atoms with Crippen molar-refractivity contribution in [3.63, 3.8) is 0 Å². The number of sulfone groups is 1. The lowest BCUT2D eigenvalue weighted by Crippen LogP contribution is -2.34. The highest BCUT2D eigenvalue weighted by atomic mass is 32.2. The van der Waals surface area contributed by atoms with E-state index >= 15 is 0 Å². The first-order valence-electron chi connectivity index (χ1n) is 8.07. The molecule has 150 valence electrons. The van der Waals surface area contributed by atoms with E-state index in [9.17, 15) is 26.7 Å². The molecule has 12 heteroatoms. The highest BCUT2D eigenvalue weighted by Gasteiger charge is 2.28. The van der Waals surface area contributed by atoms with Crippen LogP contribution in [0, 0.1) is 0 Å². The summed E-state index contributed by atoms with van der Waals surface area (Å²) in [6, 6.07) is 7.44. The molecule has 0 saturated carbocycles. The summed E-state index contributed by atoms with van der Waals surface area (Å²) in [6.07, 6.45) is -3.17. The summed E-state index contributed by atoms with van der Waals surface area (Å²) in [5.41, 5.74) is 0.932. The molecule has 2 heterocycles. The molecule has 28 heavy (non-hydrogen) atoms. The molecule has 0 aliphatic carbocycles. The maximum atomic E-state index is 12.5. The van der Waals surface area contributed by atoms with Crippen molar-refractivity contribution in [2.75, 3.05) is 12.0 Å². The average molecular weight is 414 g/mol. The smallest absolute Gasteiger partial charge is 0.419 e. The number of aromatic nitrogens is 4. The van der Waals surface area contributed by atoms with E-state index in [1.165, 1.54) is 22.8 Å². The second-order valence-corrected chi connectivity index (χ2v) is 8.39. The van der Waals surface area contributed by atoms with Gasteiger partial charge >= 0.3 is 6.18 Å². The highest BCUT2D eigenvalue weighted by molar-refractivity contribution is 7.90. The number of nitrogens with zero attached hydrogens (tertiary/aromatic N) is 4. The monoisotopic (exact) mass is 414 g/mol. The van der Waals surface area contributed by atoms with Gasteiger partial charge < -0.3 is 5.11 Å². The van der Waals surface area contributed by atoms with Crippen LogP contribution >= 0.6 is 0 Å². The van der Waals surface area contributed by atoms with E-state index in [1.54, 1.807) is 12.1 Å². The van der Waals surface area contributed by atoms with E-state index < -0.39 is 21.9 Å². The van der Waals surface area contributed by atoms with Gasteiger partial charge in [0.15, 0.2) is 11.5 Å². The normalized spacial score (nSPS) is 13.4. The number of fused-ring (bicyclic) bond motifs is 1. The molecule has 3 aromatic rings. The van der Waals surface area contributed by atoms with Crippen molar-refractivity contribution in [3.05, 3.63) is 36.2 Å². The van der Waals surface area contributed by atoms with E-state index in [2.05, 4.69) is 20.2 Å². The van der Waals surface area contributed by atoms with Gasteiger partial charge in [-0.1, -0.05) is 18.2 Å². The molecule has 0 aliphatic heterocycles. The van der Waals surface area contributed by atoms with Gasteiger partial charge in [0.1, 0.15) is 9.84 Å². The Morgan fingerprint density at radius 2 is 2.04 bits per heavy atom. The Balaban J connectivity index is 1.86. The van der Waals surface area contributed by atoms with Crippen molar-refractivity contribution >= 4 is 27.1 Å². The van der Waals surface area contributed by atoms with Gasteiger partial charge in [-0.3, -0.25) is 10.1 Å². The van der Waals surface area contributed by atoms with Crippen LogP contribution in [0.4, 0.5) is 18.9 Å². The first-order chi connectivity index (χ1) is 13.0. The molecule has 0 unspecified atom stereocenters. The summed E-state index contributed by atoms with van der Waals surface area (Å²) >= 11 is 0. The summed E-state index contributed by atoms with van der Waals surface area (Å²) in [7, 11) is -3.07. The van der Waals surface area contributed by atoms with Gasteiger partial charge in [0.25, 0.3) is 0 Å². The van der Waals surface area contributed by atoms with Crippen molar-refractivity contribution in [2.24, 2.45) is 4.99 Å². The van der Waals surface area contributed by atoms with Gasteiger partial charge in [-0.15, -0.1) is 5.10 Å². The fourth-order valence-electron chi connectivity index (χ4n) is 2.53. The molecule has 0 spiro atoms. The Labute approximate surface area is 157 Å². The van der Waals surface area contributed by atoms with E-state index in [0.29, 0.717) is 30.0 Å². The number of para-hydroxylation sites is 1. The molecular weight excluding hydrogens is 399 g/mol. The number of halogens is 3. The van der Waals surface area contributed by atoms with Crippen molar-refractivity contribution in [2.45, 2.75) is 19.0 Å².